The van der Waals surface area contributed by atoms with E-state index in [1.807, 2.05) is 12.1 Å². The first-order valence-corrected chi connectivity index (χ1v) is 6.74. The highest BCUT2D eigenvalue weighted by atomic mass is 15.1. The van der Waals surface area contributed by atoms with Crippen LogP contribution in [-0.4, -0.2) is 29.0 Å². The Bertz CT molecular complexity index is 633. The summed E-state index contributed by atoms with van der Waals surface area (Å²) in [7, 11) is 0. The van der Waals surface area contributed by atoms with Crippen LogP contribution in [0, 0.1) is 11.3 Å². The van der Waals surface area contributed by atoms with Gasteiger partial charge in [-0.15, -0.1) is 0 Å². The number of para-hydroxylation sites is 1. The summed E-state index contributed by atoms with van der Waals surface area (Å²) in [4.78, 5) is 5.56. The number of hydrogen-bond donors (Lipinski definition) is 1. The van der Waals surface area contributed by atoms with Crippen molar-refractivity contribution in [1.82, 2.24) is 9.88 Å². The van der Waals surface area contributed by atoms with E-state index in [0.29, 0.717) is 0 Å². The smallest absolute Gasteiger partial charge is 0.116 e. The van der Waals surface area contributed by atoms with Crippen molar-refractivity contribution in [3.05, 3.63) is 48.2 Å². The normalized spacial score (nSPS) is 19.6. The lowest BCUT2D eigenvalue weighted by Crippen LogP contribution is -2.37. The molecule has 1 aliphatic heterocycles. The number of fused-ring (bicyclic) bond motifs is 1. The van der Waals surface area contributed by atoms with E-state index in [-0.39, 0.29) is 6.04 Å². The van der Waals surface area contributed by atoms with E-state index in [9.17, 15) is 0 Å². The molecule has 0 amide bonds. The van der Waals surface area contributed by atoms with Gasteiger partial charge in [0, 0.05) is 30.2 Å². The first kappa shape index (κ1) is 12.0. The van der Waals surface area contributed by atoms with Gasteiger partial charge in [0.15, 0.2) is 0 Å². The number of rotatable bonds is 3. The molecule has 0 bridgehead atoms. The molecule has 0 saturated heterocycles. The van der Waals surface area contributed by atoms with E-state index in [4.69, 9.17) is 5.26 Å². The summed E-state index contributed by atoms with van der Waals surface area (Å²) in [5.74, 6) is 0. The molecular formula is C16H17N3. The highest BCUT2D eigenvalue weighted by Gasteiger charge is 2.17. The lowest BCUT2D eigenvalue weighted by molar-refractivity contribution is 0.262. The topological polar surface area (TPSA) is 42.8 Å². The van der Waals surface area contributed by atoms with Crippen LogP contribution in [0.3, 0.4) is 0 Å². The van der Waals surface area contributed by atoms with Crippen LogP contribution in [0.5, 0.6) is 0 Å². The van der Waals surface area contributed by atoms with Crippen molar-refractivity contribution in [2.45, 2.75) is 18.9 Å². The zero-order chi connectivity index (χ0) is 13.1. The summed E-state index contributed by atoms with van der Waals surface area (Å²) in [6, 6.07) is 10.7. The number of hydrogen-bond acceptors (Lipinski definition) is 2. The average Bonchev–Trinajstić information content (AvgIpc) is 2.89. The summed E-state index contributed by atoms with van der Waals surface area (Å²) in [6.45, 7) is 1.92. The quantitative estimate of drug-likeness (QED) is 0.852. The minimum Gasteiger partial charge on any atom is -0.361 e. The Labute approximate surface area is 113 Å². The molecule has 0 aliphatic carbocycles. The summed E-state index contributed by atoms with van der Waals surface area (Å²) in [5, 5.41) is 10.4. The Morgan fingerprint density at radius 1 is 1.37 bits per heavy atom. The fourth-order valence-corrected chi connectivity index (χ4v) is 2.70. The van der Waals surface area contributed by atoms with Crippen LogP contribution >= 0.6 is 0 Å². The third-order valence-electron chi connectivity index (χ3n) is 3.77. The van der Waals surface area contributed by atoms with Crippen LogP contribution in [0.25, 0.3) is 10.9 Å². The van der Waals surface area contributed by atoms with E-state index >= 15 is 0 Å². The lowest BCUT2D eigenvalue weighted by atomic mass is 10.1. The average molecular weight is 251 g/mol. The van der Waals surface area contributed by atoms with E-state index in [1.54, 1.807) is 0 Å². The number of nitriles is 1. The van der Waals surface area contributed by atoms with Crippen LogP contribution in [0.4, 0.5) is 0 Å². The van der Waals surface area contributed by atoms with Gasteiger partial charge in [0.05, 0.1) is 6.07 Å². The molecular weight excluding hydrogens is 234 g/mol. The molecule has 3 rings (SSSR count). The Hall–Kier alpha value is -2.05. The predicted molar refractivity (Wildman–Crippen MR) is 76.7 cm³/mol. The van der Waals surface area contributed by atoms with Crippen LogP contribution in [0.15, 0.2) is 42.6 Å². The van der Waals surface area contributed by atoms with Gasteiger partial charge in [-0.25, -0.2) is 0 Å². The van der Waals surface area contributed by atoms with Gasteiger partial charge in [-0.2, -0.15) is 5.26 Å². The monoisotopic (exact) mass is 251 g/mol. The van der Waals surface area contributed by atoms with E-state index in [2.05, 4.69) is 46.4 Å². The van der Waals surface area contributed by atoms with Crippen molar-refractivity contribution < 1.29 is 0 Å². The first-order valence-electron chi connectivity index (χ1n) is 6.74. The van der Waals surface area contributed by atoms with Gasteiger partial charge in [0.25, 0.3) is 0 Å². The Kier molecular flexibility index (Phi) is 3.35. The molecule has 96 valence electrons. The number of nitrogens with zero attached hydrogens (tertiary/aromatic N) is 2. The van der Waals surface area contributed by atoms with E-state index < -0.39 is 0 Å². The predicted octanol–water partition coefficient (Wildman–Crippen LogP) is 2.86. The second-order valence-corrected chi connectivity index (χ2v) is 4.94. The number of aromatic amines is 1. The third-order valence-corrected chi connectivity index (χ3v) is 3.77. The second kappa shape index (κ2) is 5.29. The van der Waals surface area contributed by atoms with Crippen LogP contribution in [0.1, 0.15) is 12.0 Å². The van der Waals surface area contributed by atoms with Gasteiger partial charge >= 0.3 is 0 Å². The lowest BCUT2D eigenvalue weighted by Gasteiger charge is -2.27. The van der Waals surface area contributed by atoms with Crippen LogP contribution in [-0.2, 0) is 6.42 Å². The fourth-order valence-electron chi connectivity index (χ4n) is 2.70. The van der Waals surface area contributed by atoms with Crippen molar-refractivity contribution in [2.75, 3.05) is 13.1 Å². The Morgan fingerprint density at radius 3 is 3.16 bits per heavy atom. The zero-order valence-electron chi connectivity index (χ0n) is 10.8. The van der Waals surface area contributed by atoms with Crippen LogP contribution in [0.2, 0.25) is 0 Å². The third kappa shape index (κ3) is 2.40. The maximum atomic E-state index is 9.14. The Morgan fingerprint density at radius 2 is 2.26 bits per heavy atom. The first-order chi connectivity index (χ1) is 9.38. The molecule has 1 N–H and O–H groups in total. The molecule has 2 heterocycles. The van der Waals surface area contributed by atoms with E-state index in [0.717, 1.165) is 25.9 Å². The van der Waals surface area contributed by atoms with Crippen molar-refractivity contribution in [3.8, 4) is 6.07 Å². The van der Waals surface area contributed by atoms with Gasteiger partial charge < -0.3 is 4.98 Å². The molecule has 0 radical (unpaired) electrons. The van der Waals surface area contributed by atoms with Crippen molar-refractivity contribution in [1.29, 1.82) is 5.26 Å². The molecule has 1 aromatic heterocycles. The Balaban J connectivity index is 1.72. The molecule has 19 heavy (non-hydrogen) atoms. The van der Waals surface area contributed by atoms with Crippen molar-refractivity contribution in [2.24, 2.45) is 0 Å². The van der Waals surface area contributed by atoms with Crippen molar-refractivity contribution >= 4 is 10.9 Å². The van der Waals surface area contributed by atoms with E-state index in [1.165, 1.54) is 16.5 Å². The molecule has 3 nitrogen and oxygen atoms in total. The fraction of sp³-hybridized carbons (Fsp3) is 0.312. The molecule has 0 spiro atoms. The number of benzene rings is 1. The summed E-state index contributed by atoms with van der Waals surface area (Å²) < 4.78 is 0. The molecule has 0 fully saturated rings. The molecule has 1 aliphatic rings. The molecule has 1 unspecified atom stereocenters. The maximum Gasteiger partial charge on any atom is 0.116 e. The minimum absolute atomic E-state index is 0.0565. The van der Waals surface area contributed by atoms with Gasteiger partial charge in [-0.05, 0) is 24.5 Å². The molecule has 0 saturated carbocycles. The van der Waals surface area contributed by atoms with Crippen LogP contribution < -0.4 is 0 Å². The molecule has 1 aromatic carbocycles. The van der Waals surface area contributed by atoms with Gasteiger partial charge in [-0.1, -0.05) is 30.4 Å². The summed E-state index contributed by atoms with van der Waals surface area (Å²) in [5.41, 5.74) is 2.52. The summed E-state index contributed by atoms with van der Waals surface area (Å²) in [6.07, 6.45) is 8.24. The molecule has 3 heteroatoms. The summed E-state index contributed by atoms with van der Waals surface area (Å²) >= 11 is 0. The standard InChI is InChI=1S/C16H17N3/c17-11-14-5-3-4-9-19(14)10-8-13-12-18-16-7-2-1-6-15(13)16/h1-3,5-7,12,14,18H,4,8-10H2. The van der Waals surface area contributed by atoms with Gasteiger partial charge in [-0.3, -0.25) is 4.90 Å². The second-order valence-electron chi connectivity index (χ2n) is 4.94. The van der Waals surface area contributed by atoms with Gasteiger partial charge in [0.2, 0.25) is 0 Å². The zero-order valence-corrected chi connectivity index (χ0v) is 10.8. The maximum absolute atomic E-state index is 9.14. The highest BCUT2D eigenvalue weighted by molar-refractivity contribution is 5.83. The van der Waals surface area contributed by atoms with Gasteiger partial charge in [0.1, 0.15) is 6.04 Å². The number of nitrogens with one attached hydrogen (secondary N) is 1. The largest absolute Gasteiger partial charge is 0.361 e. The molecule has 2 aromatic rings. The van der Waals surface area contributed by atoms with Crippen molar-refractivity contribution in [3.63, 3.8) is 0 Å². The number of aromatic nitrogens is 1. The minimum atomic E-state index is -0.0565. The highest BCUT2D eigenvalue weighted by Crippen LogP contribution is 2.19. The SMILES string of the molecule is N#CC1C=CCCN1CCc1c[nH]c2ccccc12. The molecule has 1 atom stereocenters. The number of H-pyrrole nitrogens is 1.